The molecule has 2 aromatic carbocycles. The summed E-state index contributed by atoms with van der Waals surface area (Å²) in [6.45, 7) is 7.41. The molecule has 2 N–H and O–H groups in total. The van der Waals surface area contributed by atoms with Gasteiger partial charge in [-0.3, -0.25) is 9.59 Å². The predicted molar refractivity (Wildman–Crippen MR) is 165 cm³/mol. The van der Waals surface area contributed by atoms with Crippen LogP contribution in [0.3, 0.4) is 0 Å². The van der Waals surface area contributed by atoms with E-state index in [4.69, 9.17) is 23.7 Å². The van der Waals surface area contributed by atoms with Crippen LogP contribution in [-0.2, 0) is 9.53 Å². The number of carbonyl (C=O) groups excluding carboxylic acids is 3. The second-order valence-electron chi connectivity index (χ2n) is 10.1. The van der Waals surface area contributed by atoms with Crippen molar-refractivity contribution in [1.29, 1.82) is 0 Å². The SMILES string of the molecule is CCOC(=O)Oc1c(OC)ccnc1C(=O)N[C@H](C(=O)N[C@@H](C)C(c1ccc(OC)cc1)c1ccc(OC)cc1)[C@@H](C)CC. The van der Waals surface area contributed by atoms with Gasteiger partial charge in [0.25, 0.3) is 5.91 Å². The lowest BCUT2D eigenvalue weighted by molar-refractivity contribution is -0.124. The van der Waals surface area contributed by atoms with Crippen LogP contribution in [0.25, 0.3) is 0 Å². The first kappa shape index (κ1) is 33.7. The van der Waals surface area contributed by atoms with Gasteiger partial charge in [0.1, 0.15) is 17.5 Å². The zero-order chi connectivity index (χ0) is 32.2. The third kappa shape index (κ3) is 8.40. The van der Waals surface area contributed by atoms with Gasteiger partial charge in [-0.1, -0.05) is 44.5 Å². The zero-order valence-corrected chi connectivity index (χ0v) is 26.2. The van der Waals surface area contributed by atoms with E-state index in [9.17, 15) is 14.4 Å². The Balaban J connectivity index is 1.90. The fourth-order valence-electron chi connectivity index (χ4n) is 4.78. The number of hydrogen-bond donors (Lipinski definition) is 2. The molecular formula is C33H41N3O8. The highest BCUT2D eigenvalue weighted by Crippen LogP contribution is 2.32. The van der Waals surface area contributed by atoms with E-state index in [0.29, 0.717) is 6.42 Å². The summed E-state index contributed by atoms with van der Waals surface area (Å²) in [4.78, 5) is 43.6. The molecule has 0 radical (unpaired) electrons. The lowest BCUT2D eigenvalue weighted by Crippen LogP contribution is -2.53. The largest absolute Gasteiger partial charge is 0.514 e. The Kier molecular flexibility index (Phi) is 12.4. The lowest BCUT2D eigenvalue weighted by atomic mass is 9.85. The van der Waals surface area contributed by atoms with Crippen LogP contribution in [0.2, 0.25) is 0 Å². The Morgan fingerprint density at radius 1 is 0.795 bits per heavy atom. The monoisotopic (exact) mass is 607 g/mol. The second-order valence-corrected chi connectivity index (χ2v) is 10.1. The van der Waals surface area contributed by atoms with Crippen LogP contribution >= 0.6 is 0 Å². The standard InChI is InChI=1S/C33H41N3O8/c1-8-20(3)28(36-32(38)29-30(44-33(39)43-9-2)26(42-7)18-19-34-29)31(37)35-21(4)27(22-10-14-24(40-5)15-11-22)23-12-16-25(41-6)17-13-23/h10-21,27-28H,8-9H2,1-7H3,(H,35,37)(H,36,38)/t20-,21-,28-/m0/s1. The smallest absolute Gasteiger partial charge is 0.497 e. The summed E-state index contributed by atoms with van der Waals surface area (Å²) in [7, 11) is 4.58. The highest BCUT2D eigenvalue weighted by Gasteiger charge is 2.32. The van der Waals surface area contributed by atoms with E-state index in [0.717, 1.165) is 22.6 Å². The predicted octanol–water partition coefficient (Wildman–Crippen LogP) is 5.12. The van der Waals surface area contributed by atoms with Crippen molar-refractivity contribution in [2.24, 2.45) is 5.92 Å². The van der Waals surface area contributed by atoms with E-state index < -0.39 is 18.1 Å². The summed E-state index contributed by atoms with van der Waals surface area (Å²) in [5.41, 5.74) is 1.71. The Bertz CT molecular complexity index is 1350. The van der Waals surface area contributed by atoms with E-state index in [1.165, 1.54) is 19.4 Å². The van der Waals surface area contributed by atoms with E-state index in [2.05, 4.69) is 15.6 Å². The lowest BCUT2D eigenvalue weighted by Gasteiger charge is -2.30. The molecule has 0 spiro atoms. The van der Waals surface area contributed by atoms with Crippen molar-refractivity contribution in [3.8, 4) is 23.0 Å². The minimum absolute atomic E-state index is 0.0748. The molecular weight excluding hydrogens is 566 g/mol. The third-order valence-electron chi connectivity index (χ3n) is 7.35. The Hall–Kier alpha value is -4.80. The number of nitrogens with one attached hydrogen (secondary N) is 2. The summed E-state index contributed by atoms with van der Waals surface area (Å²) in [6, 6.07) is 15.5. The molecule has 0 saturated heterocycles. The van der Waals surface area contributed by atoms with Gasteiger partial charge in [-0.25, -0.2) is 9.78 Å². The van der Waals surface area contributed by atoms with Gasteiger partial charge in [-0.05, 0) is 55.2 Å². The van der Waals surface area contributed by atoms with Crippen LogP contribution < -0.4 is 29.6 Å². The van der Waals surface area contributed by atoms with Gasteiger partial charge >= 0.3 is 6.16 Å². The van der Waals surface area contributed by atoms with Crippen molar-refractivity contribution >= 4 is 18.0 Å². The molecule has 11 heteroatoms. The number of nitrogens with zero attached hydrogens (tertiary/aromatic N) is 1. The first-order valence-corrected chi connectivity index (χ1v) is 14.4. The van der Waals surface area contributed by atoms with Crippen LogP contribution in [0.1, 0.15) is 61.6 Å². The average molecular weight is 608 g/mol. The molecule has 3 aromatic rings. The van der Waals surface area contributed by atoms with Gasteiger partial charge in [-0.2, -0.15) is 0 Å². The number of amides is 2. The first-order chi connectivity index (χ1) is 21.2. The average Bonchev–Trinajstić information content (AvgIpc) is 3.04. The number of aromatic nitrogens is 1. The molecule has 3 rings (SSSR count). The zero-order valence-electron chi connectivity index (χ0n) is 26.2. The van der Waals surface area contributed by atoms with E-state index >= 15 is 0 Å². The summed E-state index contributed by atoms with van der Waals surface area (Å²) in [6.07, 6.45) is 0.937. The number of carbonyl (C=O) groups is 3. The van der Waals surface area contributed by atoms with E-state index in [1.807, 2.05) is 69.3 Å². The molecule has 1 heterocycles. The number of rotatable bonds is 14. The molecule has 0 bridgehead atoms. The van der Waals surface area contributed by atoms with Crippen molar-refractivity contribution in [2.75, 3.05) is 27.9 Å². The Labute approximate surface area is 258 Å². The van der Waals surface area contributed by atoms with Gasteiger partial charge in [-0.15, -0.1) is 0 Å². The fraction of sp³-hybridized carbons (Fsp3) is 0.394. The summed E-state index contributed by atoms with van der Waals surface area (Å²) >= 11 is 0. The van der Waals surface area contributed by atoms with Crippen molar-refractivity contribution in [3.63, 3.8) is 0 Å². The molecule has 3 atom stereocenters. The maximum Gasteiger partial charge on any atom is 0.514 e. The molecule has 0 aliphatic heterocycles. The third-order valence-corrected chi connectivity index (χ3v) is 7.35. The minimum atomic E-state index is -1.01. The molecule has 2 amide bonds. The summed E-state index contributed by atoms with van der Waals surface area (Å²) in [5, 5.41) is 5.93. The molecule has 0 aliphatic rings. The molecule has 0 saturated carbocycles. The van der Waals surface area contributed by atoms with Gasteiger partial charge < -0.3 is 34.3 Å². The number of methoxy groups -OCH3 is 3. The topological polar surface area (TPSA) is 134 Å². The fourth-order valence-corrected chi connectivity index (χ4v) is 4.78. The van der Waals surface area contributed by atoms with Crippen molar-refractivity contribution in [3.05, 3.63) is 77.6 Å². The Morgan fingerprint density at radius 3 is 1.84 bits per heavy atom. The molecule has 44 heavy (non-hydrogen) atoms. The van der Waals surface area contributed by atoms with Crippen molar-refractivity contribution in [2.45, 2.75) is 52.1 Å². The van der Waals surface area contributed by atoms with Crippen molar-refractivity contribution < 1.29 is 38.1 Å². The number of hydrogen-bond acceptors (Lipinski definition) is 9. The normalized spacial score (nSPS) is 12.8. The van der Waals surface area contributed by atoms with Crippen LogP contribution in [0.15, 0.2) is 60.8 Å². The number of pyridine rings is 1. The van der Waals surface area contributed by atoms with Crippen LogP contribution in [-0.4, -0.2) is 63.0 Å². The molecule has 236 valence electrons. The summed E-state index contributed by atoms with van der Waals surface area (Å²) in [5.74, 6) is -0.215. The first-order valence-electron chi connectivity index (χ1n) is 14.4. The number of ether oxygens (including phenoxy) is 5. The highest BCUT2D eigenvalue weighted by atomic mass is 16.7. The molecule has 1 aromatic heterocycles. The minimum Gasteiger partial charge on any atom is -0.497 e. The molecule has 0 fully saturated rings. The maximum absolute atomic E-state index is 13.8. The van der Waals surface area contributed by atoms with Crippen LogP contribution in [0, 0.1) is 5.92 Å². The van der Waals surface area contributed by atoms with Crippen molar-refractivity contribution in [1.82, 2.24) is 15.6 Å². The van der Waals surface area contributed by atoms with E-state index in [1.54, 1.807) is 21.1 Å². The van der Waals surface area contributed by atoms with Gasteiger partial charge in [0.05, 0.1) is 27.9 Å². The molecule has 11 nitrogen and oxygen atoms in total. The molecule has 0 aliphatic carbocycles. The van der Waals surface area contributed by atoms with Gasteiger partial charge in [0.2, 0.25) is 11.7 Å². The quantitative estimate of drug-likeness (QED) is 0.239. The van der Waals surface area contributed by atoms with Gasteiger partial charge in [0, 0.05) is 24.2 Å². The molecule has 0 unspecified atom stereocenters. The van der Waals surface area contributed by atoms with E-state index in [-0.39, 0.29) is 47.6 Å². The highest BCUT2D eigenvalue weighted by molar-refractivity contribution is 5.99. The summed E-state index contributed by atoms with van der Waals surface area (Å²) < 4.78 is 26.1. The second kappa shape index (κ2) is 16.2. The Morgan fingerprint density at radius 2 is 1.36 bits per heavy atom. The maximum atomic E-state index is 13.8. The van der Waals surface area contributed by atoms with Crippen LogP contribution in [0.4, 0.5) is 4.79 Å². The van der Waals surface area contributed by atoms with Gasteiger partial charge in [0.15, 0.2) is 11.4 Å². The number of benzene rings is 2. The van der Waals surface area contributed by atoms with Crippen LogP contribution in [0.5, 0.6) is 23.0 Å².